The van der Waals surface area contributed by atoms with Gasteiger partial charge in [-0.15, -0.1) is 0 Å². The lowest BCUT2D eigenvalue weighted by Gasteiger charge is -2.08. The smallest absolute Gasteiger partial charge is 0.221 e. The van der Waals surface area contributed by atoms with Gasteiger partial charge in [-0.1, -0.05) is 23.8 Å². The van der Waals surface area contributed by atoms with Crippen molar-refractivity contribution in [2.24, 2.45) is 7.05 Å². The minimum absolute atomic E-state index is 0.00324. The van der Waals surface area contributed by atoms with Crippen LogP contribution in [0.15, 0.2) is 23.0 Å². The third kappa shape index (κ3) is 3.40. The van der Waals surface area contributed by atoms with Crippen LogP contribution in [-0.2, 0) is 7.05 Å². The first-order valence-electron chi connectivity index (χ1n) is 4.74. The van der Waals surface area contributed by atoms with Crippen molar-refractivity contribution in [3.8, 4) is 0 Å². The van der Waals surface area contributed by atoms with Crippen LogP contribution in [0.4, 0.5) is 5.82 Å². The van der Waals surface area contributed by atoms with Crippen molar-refractivity contribution in [3.05, 3.63) is 33.6 Å². The molecule has 82 valence electrons. The second-order valence-corrected chi connectivity index (χ2v) is 3.45. The first-order valence-corrected chi connectivity index (χ1v) is 5.12. The zero-order valence-corrected chi connectivity index (χ0v) is 9.58. The van der Waals surface area contributed by atoms with Crippen LogP contribution in [0.2, 0.25) is 5.15 Å². The van der Waals surface area contributed by atoms with Crippen molar-refractivity contribution in [2.45, 2.75) is 13.3 Å². The van der Waals surface area contributed by atoms with Gasteiger partial charge in [0.1, 0.15) is 5.82 Å². The van der Waals surface area contributed by atoms with Crippen molar-refractivity contribution in [2.75, 3.05) is 11.9 Å². The van der Waals surface area contributed by atoms with Crippen LogP contribution in [0.1, 0.15) is 13.3 Å². The third-order valence-corrected chi connectivity index (χ3v) is 2.17. The molecule has 5 heteroatoms. The standard InChI is InChI=1S/C10H14ClN3O/c1-3-4-5-6-12-9-7-8(15)10(11)13-14(9)2/h3-4,7,12H,5-6H2,1-2H3/b4-3+. The summed E-state index contributed by atoms with van der Waals surface area (Å²) < 4.78 is 1.55. The fourth-order valence-electron chi connectivity index (χ4n) is 1.13. The molecule has 1 aromatic heterocycles. The van der Waals surface area contributed by atoms with E-state index < -0.39 is 0 Å². The van der Waals surface area contributed by atoms with Crippen LogP contribution in [0.25, 0.3) is 0 Å². The summed E-state index contributed by atoms with van der Waals surface area (Å²) in [4.78, 5) is 11.2. The minimum atomic E-state index is -0.261. The Morgan fingerprint density at radius 2 is 2.40 bits per heavy atom. The Kier molecular flexibility index (Phi) is 4.37. The van der Waals surface area contributed by atoms with Gasteiger partial charge in [0.15, 0.2) is 5.15 Å². The molecule has 0 amide bonds. The molecule has 0 bridgehead atoms. The highest BCUT2D eigenvalue weighted by Gasteiger charge is 2.02. The zero-order chi connectivity index (χ0) is 11.3. The number of halogens is 1. The molecule has 0 aliphatic rings. The lowest BCUT2D eigenvalue weighted by atomic mass is 10.4. The second-order valence-electron chi connectivity index (χ2n) is 3.09. The molecule has 0 unspecified atom stereocenters. The summed E-state index contributed by atoms with van der Waals surface area (Å²) in [6.45, 7) is 2.74. The van der Waals surface area contributed by atoms with Gasteiger partial charge in [-0.2, -0.15) is 5.10 Å². The summed E-state index contributed by atoms with van der Waals surface area (Å²) in [6, 6.07) is 1.45. The molecule has 0 radical (unpaired) electrons. The Bertz CT molecular complexity index is 412. The largest absolute Gasteiger partial charge is 0.370 e. The fraction of sp³-hybridized carbons (Fsp3) is 0.400. The monoisotopic (exact) mass is 227 g/mol. The van der Waals surface area contributed by atoms with Crippen LogP contribution in [-0.4, -0.2) is 16.3 Å². The number of anilines is 1. The summed E-state index contributed by atoms with van der Waals surface area (Å²) in [5.41, 5.74) is -0.261. The predicted octanol–water partition coefficient (Wildman–Crippen LogP) is 1.81. The maximum absolute atomic E-state index is 11.2. The van der Waals surface area contributed by atoms with Gasteiger partial charge in [-0.3, -0.25) is 9.48 Å². The Labute approximate surface area is 93.6 Å². The van der Waals surface area contributed by atoms with Crippen LogP contribution in [0, 0.1) is 0 Å². The van der Waals surface area contributed by atoms with Gasteiger partial charge >= 0.3 is 0 Å². The van der Waals surface area contributed by atoms with Gasteiger partial charge < -0.3 is 5.32 Å². The van der Waals surface area contributed by atoms with Crippen LogP contribution in [0.5, 0.6) is 0 Å². The summed E-state index contributed by atoms with van der Waals surface area (Å²) in [7, 11) is 1.74. The van der Waals surface area contributed by atoms with Crippen LogP contribution < -0.4 is 10.7 Å². The number of aryl methyl sites for hydroxylation is 1. The molecule has 0 saturated heterocycles. The third-order valence-electron chi connectivity index (χ3n) is 1.91. The van der Waals surface area contributed by atoms with E-state index >= 15 is 0 Å². The van der Waals surface area contributed by atoms with E-state index in [2.05, 4.69) is 16.5 Å². The van der Waals surface area contributed by atoms with Gasteiger partial charge in [0, 0.05) is 19.7 Å². The lowest BCUT2D eigenvalue weighted by Crippen LogP contribution is -2.15. The van der Waals surface area contributed by atoms with Gasteiger partial charge in [0.25, 0.3) is 0 Å². The Balaban J connectivity index is 2.69. The highest BCUT2D eigenvalue weighted by Crippen LogP contribution is 2.03. The van der Waals surface area contributed by atoms with Crippen molar-refractivity contribution in [1.29, 1.82) is 0 Å². The summed E-state index contributed by atoms with van der Waals surface area (Å²) >= 11 is 5.59. The highest BCUT2D eigenvalue weighted by atomic mass is 35.5. The lowest BCUT2D eigenvalue weighted by molar-refractivity contribution is 0.737. The number of hydrogen-bond donors (Lipinski definition) is 1. The maximum Gasteiger partial charge on any atom is 0.221 e. The first kappa shape index (κ1) is 11.8. The Morgan fingerprint density at radius 1 is 1.67 bits per heavy atom. The van der Waals surface area contributed by atoms with E-state index in [0.717, 1.165) is 13.0 Å². The van der Waals surface area contributed by atoms with Crippen LogP contribution in [0.3, 0.4) is 0 Å². The Hall–Kier alpha value is -1.29. The van der Waals surface area contributed by atoms with Crippen molar-refractivity contribution < 1.29 is 0 Å². The second kappa shape index (κ2) is 5.56. The molecule has 0 aromatic carbocycles. The van der Waals surface area contributed by atoms with Gasteiger partial charge in [-0.05, 0) is 13.3 Å². The molecule has 1 rings (SSSR count). The topological polar surface area (TPSA) is 46.9 Å². The minimum Gasteiger partial charge on any atom is -0.370 e. The summed E-state index contributed by atoms with van der Waals surface area (Å²) in [5, 5.41) is 6.96. The van der Waals surface area contributed by atoms with E-state index in [-0.39, 0.29) is 10.6 Å². The van der Waals surface area contributed by atoms with Crippen molar-refractivity contribution >= 4 is 17.4 Å². The Morgan fingerprint density at radius 3 is 3.07 bits per heavy atom. The number of allylic oxidation sites excluding steroid dienone is 1. The first-order chi connectivity index (χ1) is 7.15. The molecule has 0 aliphatic carbocycles. The predicted molar refractivity (Wildman–Crippen MR) is 62.4 cm³/mol. The summed E-state index contributed by atoms with van der Waals surface area (Å²) in [6.07, 6.45) is 4.95. The van der Waals surface area contributed by atoms with Crippen molar-refractivity contribution in [3.63, 3.8) is 0 Å². The quantitative estimate of drug-likeness (QED) is 0.631. The van der Waals surface area contributed by atoms with E-state index in [0.29, 0.717) is 5.82 Å². The molecule has 1 N–H and O–H groups in total. The van der Waals surface area contributed by atoms with Gasteiger partial charge in [0.05, 0.1) is 0 Å². The van der Waals surface area contributed by atoms with Crippen LogP contribution >= 0.6 is 11.6 Å². The van der Waals surface area contributed by atoms with E-state index in [1.807, 2.05) is 13.0 Å². The molecular weight excluding hydrogens is 214 g/mol. The molecule has 0 atom stereocenters. The molecule has 1 aromatic rings. The molecule has 4 nitrogen and oxygen atoms in total. The van der Waals surface area contributed by atoms with E-state index in [1.165, 1.54) is 6.07 Å². The zero-order valence-electron chi connectivity index (χ0n) is 8.83. The van der Waals surface area contributed by atoms with E-state index in [4.69, 9.17) is 11.6 Å². The molecule has 0 fully saturated rings. The molecule has 1 heterocycles. The molecular formula is C10H14ClN3O. The highest BCUT2D eigenvalue weighted by molar-refractivity contribution is 6.29. The number of hydrogen-bond acceptors (Lipinski definition) is 3. The average Bonchev–Trinajstić information content (AvgIpc) is 2.20. The fourth-order valence-corrected chi connectivity index (χ4v) is 1.30. The number of rotatable bonds is 4. The van der Waals surface area contributed by atoms with E-state index in [1.54, 1.807) is 11.7 Å². The SMILES string of the molecule is C/C=C/CCNc1cc(=O)c(Cl)nn1C. The number of aromatic nitrogens is 2. The molecule has 0 saturated carbocycles. The molecule has 0 aliphatic heterocycles. The summed E-state index contributed by atoms with van der Waals surface area (Å²) in [5.74, 6) is 0.675. The maximum atomic E-state index is 11.2. The average molecular weight is 228 g/mol. The number of nitrogens with one attached hydrogen (secondary N) is 1. The van der Waals surface area contributed by atoms with E-state index in [9.17, 15) is 4.79 Å². The van der Waals surface area contributed by atoms with Crippen molar-refractivity contribution in [1.82, 2.24) is 9.78 Å². The van der Waals surface area contributed by atoms with Gasteiger partial charge in [-0.25, -0.2) is 0 Å². The molecule has 0 spiro atoms. The van der Waals surface area contributed by atoms with Gasteiger partial charge in [0.2, 0.25) is 5.43 Å². The number of nitrogens with zero attached hydrogens (tertiary/aromatic N) is 2. The molecule has 15 heavy (non-hydrogen) atoms. The normalized spacial score (nSPS) is 10.9.